The molecule has 28 heavy (non-hydrogen) atoms. The van der Waals surface area contributed by atoms with E-state index in [2.05, 4.69) is 6.92 Å². The third-order valence-electron chi connectivity index (χ3n) is 4.72. The molecule has 0 fully saturated rings. The minimum atomic E-state index is -1.58. The first-order valence-electron chi connectivity index (χ1n) is 9.72. The molecule has 1 unspecified atom stereocenters. The molecular weight excluding hydrogens is 376 g/mol. The number of hydrogen-bond acceptors (Lipinski definition) is 5. The molecule has 0 aromatic heterocycles. The molecule has 0 spiro atoms. The van der Waals surface area contributed by atoms with Crippen molar-refractivity contribution < 1.29 is 23.9 Å². The maximum Gasteiger partial charge on any atom is 0.144 e. The Morgan fingerprint density at radius 2 is 1.57 bits per heavy atom. The molecular formula is C22H30O5S. The van der Waals surface area contributed by atoms with Crippen molar-refractivity contribution in [3.05, 3.63) is 29.7 Å². The van der Waals surface area contributed by atoms with E-state index in [1.165, 1.54) is 46.0 Å². The summed E-state index contributed by atoms with van der Waals surface area (Å²) >= 11 is 0. The molecule has 0 heterocycles. The monoisotopic (exact) mass is 406 g/mol. The van der Waals surface area contributed by atoms with Gasteiger partial charge in [0.25, 0.3) is 0 Å². The largest absolute Gasteiger partial charge is 0.507 e. The van der Waals surface area contributed by atoms with E-state index in [1.807, 2.05) is 6.08 Å². The molecule has 0 amide bonds. The number of rotatable bonds is 11. The number of aromatic hydroxyl groups is 2. The van der Waals surface area contributed by atoms with Gasteiger partial charge in [-0.05, 0) is 25.0 Å². The van der Waals surface area contributed by atoms with Crippen LogP contribution in [0.2, 0.25) is 0 Å². The summed E-state index contributed by atoms with van der Waals surface area (Å²) in [6.07, 6.45) is 9.94. The Morgan fingerprint density at radius 3 is 2.21 bits per heavy atom. The zero-order valence-electron chi connectivity index (χ0n) is 16.9. The van der Waals surface area contributed by atoms with E-state index >= 15 is 0 Å². The molecule has 6 heteroatoms. The number of unbranched alkanes of at least 4 members (excludes halogenated alkanes) is 6. The summed E-state index contributed by atoms with van der Waals surface area (Å²) in [5.41, 5.74) is 0. The van der Waals surface area contributed by atoms with E-state index in [4.69, 9.17) is 9.47 Å². The third-order valence-corrected chi connectivity index (χ3v) is 5.91. The van der Waals surface area contributed by atoms with Gasteiger partial charge in [-0.1, -0.05) is 45.1 Å². The van der Waals surface area contributed by atoms with Crippen LogP contribution in [0.3, 0.4) is 0 Å². The molecule has 0 bridgehead atoms. The second-order valence-corrected chi connectivity index (χ2v) is 7.99. The first-order chi connectivity index (χ1) is 13.5. The molecule has 0 radical (unpaired) electrons. The molecule has 5 nitrogen and oxygen atoms in total. The van der Waals surface area contributed by atoms with Gasteiger partial charge in [0.15, 0.2) is 0 Å². The summed E-state index contributed by atoms with van der Waals surface area (Å²) in [5, 5.41) is 23.4. The summed E-state index contributed by atoms with van der Waals surface area (Å²) in [5.74, 6) is 0.486. The summed E-state index contributed by atoms with van der Waals surface area (Å²) in [6, 6.07) is 4.61. The number of ether oxygens (including phenoxy) is 2. The third kappa shape index (κ3) is 5.19. The lowest BCUT2D eigenvalue weighted by Gasteiger charge is -2.14. The highest BCUT2D eigenvalue weighted by atomic mass is 32.2. The number of methoxy groups -OCH3 is 2. The zero-order chi connectivity index (χ0) is 20.5. The Balaban J connectivity index is 2.19. The first kappa shape index (κ1) is 22.1. The molecule has 2 N–H and O–H groups in total. The van der Waals surface area contributed by atoms with Gasteiger partial charge in [-0.3, -0.25) is 0 Å². The molecule has 0 aliphatic carbocycles. The fourth-order valence-corrected chi connectivity index (χ4v) is 4.18. The van der Waals surface area contributed by atoms with Crippen molar-refractivity contribution >= 4 is 21.6 Å². The van der Waals surface area contributed by atoms with E-state index in [-0.39, 0.29) is 21.8 Å². The Bertz CT molecular complexity index is 845. The van der Waals surface area contributed by atoms with Gasteiger partial charge >= 0.3 is 0 Å². The lowest BCUT2D eigenvalue weighted by molar-refractivity contribution is 0.403. The van der Waals surface area contributed by atoms with Crippen LogP contribution in [0, 0.1) is 0 Å². The maximum absolute atomic E-state index is 12.7. The summed E-state index contributed by atoms with van der Waals surface area (Å²) in [7, 11) is 1.38. The Morgan fingerprint density at radius 1 is 0.964 bits per heavy atom. The summed E-state index contributed by atoms with van der Waals surface area (Å²) < 4.78 is 23.3. The average Bonchev–Trinajstić information content (AvgIpc) is 2.71. The summed E-state index contributed by atoms with van der Waals surface area (Å²) in [4.78, 5) is 0.149. The van der Waals surface area contributed by atoms with Crippen LogP contribution in [0.4, 0.5) is 0 Å². The van der Waals surface area contributed by atoms with Crippen molar-refractivity contribution in [3.63, 3.8) is 0 Å². The highest BCUT2D eigenvalue weighted by molar-refractivity contribution is 7.88. The van der Waals surface area contributed by atoms with Crippen LogP contribution in [0.15, 0.2) is 34.6 Å². The van der Waals surface area contributed by atoms with Gasteiger partial charge in [0.2, 0.25) is 0 Å². The second kappa shape index (κ2) is 11.0. The summed E-state index contributed by atoms with van der Waals surface area (Å²) in [6.45, 7) is 2.20. The standard InChI is InChI=1S/C22H30O5S/c1-4-5-6-7-8-9-10-11-14-28(25)19-15-16(23)20-17(26-2)12-13-18(27-3)21(20)22(19)24/h11-15,23-24H,4-10H2,1-3H3/b14-11+. The lowest BCUT2D eigenvalue weighted by Crippen LogP contribution is -1.94. The van der Waals surface area contributed by atoms with E-state index in [1.54, 1.807) is 17.5 Å². The van der Waals surface area contributed by atoms with E-state index in [0.717, 1.165) is 19.3 Å². The van der Waals surface area contributed by atoms with Crippen molar-refractivity contribution in [2.24, 2.45) is 0 Å². The first-order valence-corrected chi connectivity index (χ1v) is 10.9. The lowest BCUT2D eigenvalue weighted by atomic mass is 10.1. The average molecular weight is 407 g/mol. The van der Waals surface area contributed by atoms with Crippen molar-refractivity contribution in [2.45, 2.75) is 56.8 Å². The van der Waals surface area contributed by atoms with Gasteiger partial charge in [-0.2, -0.15) is 0 Å². The van der Waals surface area contributed by atoms with Crippen LogP contribution in [0.5, 0.6) is 23.0 Å². The van der Waals surface area contributed by atoms with Crippen molar-refractivity contribution in [3.8, 4) is 23.0 Å². The van der Waals surface area contributed by atoms with Gasteiger partial charge in [0.05, 0.1) is 40.7 Å². The molecule has 0 saturated heterocycles. The van der Waals surface area contributed by atoms with Crippen LogP contribution < -0.4 is 9.47 Å². The predicted molar refractivity (Wildman–Crippen MR) is 114 cm³/mol. The fraction of sp³-hybridized carbons (Fsp3) is 0.455. The van der Waals surface area contributed by atoms with Crippen LogP contribution in [0.25, 0.3) is 10.8 Å². The van der Waals surface area contributed by atoms with Crippen molar-refractivity contribution in [1.29, 1.82) is 0 Å². The van der Waals surface area contributed by atoms with Gasteiger partial charge in [0, 0.05) is 11.5 Å². The molecule has 2 aromatic carbocycles. The molecule has 1 atom stereocenters. The predicted octanol–water partition coefficient (Wildman–Crippen LogP) is 5.64. The molecule has 0 saturated carbocycles. The molecule has 2 rings (SSSR count). The van der Waals surface area contributed by atoms with Crippen LogP contribution in [-0.4, -0.2) is 28.6 Å². The molecule has 0 aliphatic heterocycles. The fourth-order valence-electron chi connectivity index (χ4n) is 3.21. The number of benzene rings is 2. The molecule has 0 aliphatic rings. The number of phenolic OH excluding ortho intramolecular Hbond substituents is 2. The van der Waals surface area contributed by atoms with Crippen LogP contribution in [-0.2, 0) is 10.8 Å². The molecule has 2 aromatic rings. The zero-order valence-corrected chi connectivity index (χ0v) is 17.7. The van der Waals surface area contributed by atoms with E-state index < -0.39 is 10.8 Å². The van der Waals surface area contributed by atoms with E-state index in [9.17, 15) is 14.4 Å². The van der Waals surface area contributed by atoms with E-state index in [0.29, 0.717) is 16.9 Å². The van der Waals surface area contributed by atoms with Gasteiger partial charge in [-0.15, -0.1) is 0 Å². The van der Waals surface area contributed by atoms with Gasteiger partial charge in [-0.25, -0.2) is 4.21 Å². The number of allylic oxidation sites excluding steroid dienone is 1. The van der Waals surface area contributed by atoms with Crippen LogP contribution >= 0.6 is 0 Å². The van der Waals surface area contributed by atoms with Crippen LogP contribution in [0.1, 0.15) is 51.9 Å². The van der Waals surface area contributed by atoms with Crippen molar-refractivity contribution in [1.82, 2.24) is 0 Å². The number of hydrogen-bond donors (Lipinski definition) is 2. The normalized spacial score (nSPS) is 12.5. The Hall–Kier alpha value is -2.21. The quantitative estimate of drug-likeness (QED) is 0.373. The van der Waals surface area contributed by atoms with Crippen molar-refractivity contribution in [2.75, 3.05) is 14.2 Å². The smallest absolute Gasteiger partial charge is 0.144 e. The second-order valence-electron chi connectivity index (χ2n) is 6.69. The maximum atomic E-state index is 12.7. The number of fused-ring (bicyclic) bond motifs is 1. The minimum absolute atomic E-state index is 0.115. The minimum Gasteiger partial charge on any atom is -0.507 e. The van der Waals surface area contributed by atoms with Gasteiger partial charge in [0.1, 0.15) is 23.0 Å². The Labute approximate surface area is 169 Å². The van der Waals surface area contributed by atoms with Gasteiger partial charge < -0.3 is 19.7 Å². The Kier molecular flexibility index (Phi) is 8.64. The SMILES string of the molecule is CCCCCCCC/C=C/S(=O)c1cc(O)c2c(OC)ccc(OC)c2c1O. The number of phenols is 2. The topological polar surface area (TPSA) is 76.0 Å². The highest BCUT2D eigenvalue weighted by Crippen LogP contribution is 2.46. The molecule has 154 valence electrons. The highest BCUT2D eigenvalue weighted by Gasteiger charge is 2.21.